The number of aliphatic imine (C=N–C) groups is 1. The molecule has 9 heteroatoms. The third kappa shape index (κ3) is 7.14. The number of ether oxygens (including phenoxy) is 1. The number of fused-ring (bicyclic) bond motifs is 1. The minimum Gasteiger partial charge on any atom is -0.382 e. The van der Waals surface area contributed by atoms with Gasteiger partial charge in [-0.1, -0.05) is 15.9 Å². The van der Waals surface area contributed by atoms with Crippen molar-refractivity contribution in [3.63, 3.8) is 0 Å². The van der Waals surface area contributed by atoms with E-state index in [-0.39, 0.29) is 42.2 Å². The molecule has 1 aromatic carbocycles. The van der Waals surface area contributed by atoms with Crippen LogP contribution in [0.3, 0.4) is 0 Å². The first-order chi connectivity index (χ1) is 12.9. The Labute approximate surface area is 192 Å². The highest BCUT2D eigenvalue weighted by atomic mass is 127. The van der Waals surface area contributed by atoms with E-state index in [1.807, 2.05) is 11.8 Å². The smallest absolute Gasteiger partial charge is 0.243 e. The Morgan fingerprint density at radius 3 is 2.82 bits per heavy atom. The van der Waals surface area contributed by atoms with E-state index in [2.05, 4.69) is 26.2 Å². The number of likely N-dealkylation sites (N-methyl/N-ethyl adjacent to an activating group) is 1. The molecule has 0 radical (unpaired) electrons. The lowest BCUT2D eigenvalue weighted by molar-refractivity contribution is -0.127. The number of hydrogen-bond donors (Lipinski definition) is 1. The maximum Gasteiger partial charge on any atom is 0.243 e. The molecular formula is C19H29BrFIN4O2. The van der Waals surface area contributed by atoms with Crippen LogP contribution in [-0.4, -0.2) is 68.6 Å². The van der Waals surface area contributed by atoms with Gasteiger partial charge in [0.05, 0.1) is 0 Å². The number of carbonyl (C=O) groups is 1. The lowest BCUT2D eigenvalue weighted by atomic mass is 9.99. The monoisotopic (exact) mass is 570 g/mol. The number of rotatable bonds is 7. The van der Waals surface area contributed by atoms with Crippen LogP contribution in [0, 0.1) is 5.82 Å². The van der Waals surface area contributed by atoms with Crippen molar-refractivity contribution in [3.8, 4) is 0 Å². The van der Waals surface area contributed by atoms with Gasteiger partial charge in [-0.3, -0.25) is 4.79 Å². The number of guanidine groups is 1. The van der Waals surface area contributed by atoms with E-state index in [1.54, 1.807) is 20.2 Å². The van der Waals surface area contributed by atoms with Gasteiger partial charge in [0.2, 0.25) is 5.91 Å². The summed E-state index contributed by atoms with van der Waals surface area (Å²) in [5.74, 6) is 0.347. The highest BCUT2D eigenvalue weighted by Crippen LogP contribution is 2.28. The summed E-state index contributed by atoms with van der Waals surface area (Å²) in [6.07, 6.45) is 1.55. The van der Waals surface area contributed by atoms with Crippen LogP contribution in [0.1, 0.15) is 24.5 Å². The summed E-state index contributed by atoms with van der Waals surface area (Å²) in [6.45, 7) is 5.19. The Kier molecular flexibility index (Phi) is 11.3. The molecule has 0 saturated heterocycles. The minimum absolute atomic E-state index is 0. The van der Waals surface area contributed by atoms with Crippen molar-refractivity contribution in [2.75, 3.05) is 46.9 Å². The van der Waals surface area contributed by atoms with Crippen molar-refractivity contribution in [2.24, 2.45) is 4.99 Å². The molecule has 1 amide bonds. The number of nitrogens with one attached hydrogen (secondary N) is 1. The normalized spacial score (nSPS) is 13.6. The number of carbonyl (C=O) groups excluding carboxylic acids is 1. The molecule has 0 atom stereocenters. The first-order valence-electron chi connectivity index (χ1n) is 9.21. The average Bonchev–Trinajstić information content (AvgIpc) is 2.66. The van der Waals surface area contributed by atoms with Gasteiger partial charge >= 0.3 is 0 Å². The minimum atomic E-state index is -0.210. The fourth-order valence-corrected chi connectivity index (χ4v) is 3.41. The Morgan fingerprint density at radius 1 is 1.39 bits per heavy atom. The molecule has 0 saturated carbocycles. The molecule has 0 unspecified atom stereocenters. The molecule has 0 fully saturated rings. The van der Waals surface area contributed by atoms with E-state index in [9.17, 15) is 9.18 Å². The van der Waals surface area contributed by atoms with Crippen LogP contribution >= 0.6 is 39.9 Å². The average molecular weight is 571 g/mol. The molecule has 0 aliphatic carbocycles. The second-order valence-electron chi connectivity index (χ2n) is 6.56. The van der Waals surface area contributed by atoms with Gasteiger partial charge in [0.15, 0.2) is 5.96 Å². The predicted molar refractivity (Wildman–Crippen MR) is 124 cm³/mol. The molecule has 1 heterocycles. The van der Waals surface area contributed by atoms with Crippen molar-refractivity contribution in [1.82, 2.24) is 15.1 Å². The van der Waals surface area contributed by atoms with Crippen molar-refractivity contribution in [2.45, 2.75) is 26.3 Å². The van der Waals surface area contributed by atoms with E-state index in [4.69, 9.17) is 4.74 Å². The highest BCUT2D eigenvalue weighted by Gasteiger charge is 2.23. The van der Waals surface area contributed by atoms with Crippen LogP contribution in [0.4, 0.5) is 4.39 Å². The standard InChI is InChI=1S/C19H28BrFN4O2.HI/c1-4-27-11-5-9-22-19(23-12-18(26)24(2)3)25-10-8-14-15(13-25)17(21)7-6-16(14)20;/h6-7H,4-5,8-13H2,1-3H3,(H,22,23);1H. The molecule has 6 nitrogen and oxygen atoms in total. The zero-order valence-electron chi connectivity index (χ0n) is 16.6. The largest absolute Gasteiger partial charge is 0.382 e. The van der Waals surface area contributed by atoms with Gasteiger partial charge < -0.3 is 19.9 Å². The summed E-state index contributed by atoms with van der Waals surface area (Å²) in [5.41, 5.74) is 1.68. The summed E-state index contributed by atoms with van der Waals surface area (Å²) >= 11 is 3.51. The van der Waals surface area contributed by atoms with Crippen LogP contribution in [0.2, 0.25) is 0 Å². The first kappa shape index (κ1) is 25.1. The maximum atomic E-state index is 14.3. The molecule has 28 heavy (non-hydrogen) atoms. The quantitative estimate of drug-likeness (QED) is 0.237. The molecule has 1 aromatic rings. The van der Waals surface area contributed by atoms with Gasteiger partial charge in [0.1, 0.15) is 12.4 Å². The summed E-state index contributed by atoms with van der Waals surface area (Å²) in [7, 11) is 3.41. The number of amides is 1. The maximum absolute atomic E-state index is 14.3. The number of nitrogens with zero attached hydrogens (tertiary/aromatic N) is 3. The van der Waals surface area contributed by atoms with Crippen LogP contribution in [0.5, 0.6) is 0 Å². The Balaban J connectivity index is 0.00000392. The molecule has 1 N–H and O–H groups in total. The van der Waals surface area contributed by atoms with Gasteiger partial charge in [-0.25, -0.2) is 9.38 Å². The summed E-state index contributed by atoms with van der Waals surface area (Å²) in [6, 6.07) is 3.23. The second kappa shape index (κ2) is 12.6. The van der Waals surface area contributed by atoms with E-state index < -0.39 is 0 Å². The van der Waals surface area contributed by atoms with Gasteiger partial charge in [-0.05, 0) is 37.5 Å². The molecule has 158 valence electrons. The molecule has 2 rings (SSSR count). The summed E-state index contributed by atoms with van der Waals surface area (Å²) in [5, 5.41) is 3.30. The fourth-order valence-electron chi connectivity index (χ4n) is 2.84. The molecule has 0 aromatic heterocycles. The van der Waals surface area contributed by atoms with Crippen LogP contribution in [0.25, 0.3) is 0 Å². The number of hydrogen-bond acceptors (Lipinski definition) is 3. The SMILES string of the molecule is CCOCCCNC(=NCC(=O)N(C)C)N1CCc2c(Br)ccc(F)c2C1.I. The van der Waals surface area contributed by atoms with Crippen molar-refractivity contribution in [1.29, 1.82) is 0 Å². The van der Waals surface area contributed by atoms with E-state index >= 15 is 0 Å². The number of halogens is 3. The first-order valence-corrected chi connectivity index (χ1v) is 10.00. The predicted octanol–water partition coefficient (Wildman–Crippen LogP) is 3.02. The molecule has 0 bridgehead atoms. The Bertz CT molecular complexity index is 688. The molecule has 1 aliphatic rings. The summed E-state index contributed by atoms with van der Waals surface area (Å²) in [4.78, 5) is 19.9. The van der Waals surface area contributed by atoms with Crippen molar-refractivity contribution in [3.05, 3.63) is 33.5 Å². The summed E-state index contributed by atoms with van der Waals surface area (Å²) < 4.78 is 20.6. The van der Waals surface area contributed by atoms with Gasteiger partial charge in [0, 0.05) is 57.0 Å². The Morgan fingerprint density at radius 2 is 2.14 bits per heavy atom. The van der Waals surface area contributed by atoms with Crippen molar-refractivity contribution < 1.29 is 13.9 Å². The van der Waals surface area contributed by atoms with Crippen LogP contribution < -0.4 is 5.32 Å². The van der Waals surface area contributed by atoms with Gasteiger partial charge in [-0.15, -0.1) is 24.0 Å². The molecule has 0 spiro atoms. The fraction of sp³-hybridized carbons (Fsp3) is 0.579. The second-order valence-corrected chi connectivity index (χ2v) is 7.42. The van der Waals surface area contributed by atoms with Gasteiger partial charge in [-0.2, -0.15) is 0 Å². The lowest BCUT2D eigenvalue weighted by Crippen LogP contribution is -2.45. The topological polar surface area (TPSA) is 57.2 Å². The third-order valence-electron chi connectivity index (χ3n) is 4.41. The highest BCUT2D eigenvalue weighted by molar-refractivity contribution is 14.0. The zero-order chi connectivity index (χ0) is 19.8. The zero-order valence-corrected chi connectivity index (χ0v) is 20.6. The number of benzene rings is 1. The van der Waals surface area contributed by atoms with Gasteiger partial charge in [0.25, 0.3) is 0 Å². The lowest BCUT2D eigenvalue weighted by Gasteiger charge is -2.32. The van der Waals surface area contributed by atoms with Crippen LogP contribution in [-0.2, 0) is 22.5 Å². The Hall–Kier alpha value is -0.940. The molecule has 1 aliphatic heterocycles. The van der Waals surface area contributed by atoms with Crippen molar-refractivity contribution >= 4 is 51.8 Å². The van der Waals surface area contributed by atoms with E-state index in [0.29, 0.717) is 44.4 Å². The third-order valence-corrected chi connectivity index (χ3v) is 5.16. The van der Waals surface area contributed by atoms with Crippen LogP contribution in [0.15, 0.2) is 21.6 Å². The van der Waals surface area contributed by atoms with E-state index in [1.165, 1.54) is 11.0 Å². The molecular weight excluding hydrogens is 542 g/mol. The van der Waals surface area contributed by atoms with E-state index in [0.717, 1.165) is 22.9 Å².